The van der Waals surface area contributed by atoms with Crippen molar-refractivity contribution in [1.82, 2.24) is 0 Å². The first-order chi connectivity index (χ1) is 14.4. The molecule has 0 aromatic heterocycles. The van der Waals surface area contributed by atoms with Crippen LogP contribution in [0.3, 0.4) is 0 Å². The van der Waals surface area contributed by atoms with E-state index in [4.69, 9.17) is 18.9 Å². The van der Waals surface area contributed by atoms with Crippen LogP contribution in [-0.2, 0) is 20.3 Å². The fourth-order valence-electron chi connectivity index (χ4n) is 6.93. The Hall–Kier alpha value is -1.26. The number of rotatable bonds is 7. The van der Waals surface area contributed by atoms with Gasteiger partial charge in [0, 0.05) is 11.1 Å². The predicted octanol–water partition coefficient (Wildman–Crippen LogP) is 5.01. The highest BCUT2D eigenvalue weighted by atomic mass is 16.6. The van der Waals surface area contributed by atoms with Gasteiger partial charge in [-0.25, -0.2) is 0 Å². The summed E-state index contributed by atoms with van der Waals surface area (Å²) in [5.74, 6) is 4.85. The van der Waals surface area contributed by atoms with Gasteiger partial charge in [-0.2, -0.15) is 0 Å². The molecule has 4 heteroatoms. The molecule has 2 aliphatic heterocycles. The molecule has 0 amide bonds. The number of hydrogen-bond acceptors (Lipinski definition) is 4. The third kappa shape index (κ3) is 3.64. The Balaban J connectivity index is 1.41. The molecule has 4 aliphatic carbocycles. The summed E-state index contributed by atoms with van der Waals surface area (Å²) >= 11 is 0. The van der Waals surface area contributed by atoms with Crippen molar-refractivity contribution in [2.24, 2.45) is 17.8 Å². The van der Waals surface area contributed by atoms with Gasteiger partial charge in [0.05, 0.1) is 13.2 Å². The van der Waals surface area contributed by atoms with Gasteiger partial charge in [-0.3, -0.25) is 0 Å². The fourth-order valence-corrected chi connectivity index (χ4v) is 6.93. The van der Waals surface area contributed by atoms with Crippen molar-refractivity contribution in [2.45, 2.75) is 82.3 Å². The molecule has 6 fully saturated rings. The quantitative estimate of drug-likeness (QED) is 0.591. The Labute approximate surface area is 180 Å². The third-order valence-electron chi connectivity index (χ3n) is 8.15. The molecule has 30 heavy (non-hydrogen) atoms. The van der Waals surface area contributed by atoms with Crippen LogP contribution >= 0.6 is 0 Å². The zero-order chi connectivity index (χ0) is 20.5. The summed E-state index contributed by atoms with van der Waals surface area (Å²) in [6.45, 7) is 9.78. The molecule has 0 N–H and O–H groups in total. The molecule has 2 atom stereocenters. The minimum atomic E-state index is -0.00602. The van der Waals surface area contributed by atoms with Crippen LogP contribution in [0.1, 0.15) is 70.4 Å². The maximum atomic E-state index is 6.47. The first-order valence-electron chi connectivity index (χ1n) is 12.1. The topological polar surface area (TPSA) is 43.5 Å². The zero-order valence-corrected chi connectivity index (χ0v) is 18.7. The number of epoxide rings is 2. The minimum Gasteiger partial charge on any atom is -0.490 e. The summed E-state index contributed by atoms with van der Waals surface area (Å²) in [5.41, 5.74) is 2.93. The molecule has 4 nitrogen and oxygen atoms in total. The van der Waals surface area contributed by atoms with Crippen LogP contribution in [-0.4, -0.2) is 38.6 Å². The van der Waals surface area contributed by atoms with E-state index in [1.165, 1.54) is 49.7 Å². The molecule has 1 aromatic carbocycles. The van der Waals surface area contributed by atoms with Crippen molar-refractivity contribution >= 4 is 0 Å². The van der Waals surface area contributed by atoms with Crippen LogP contribution in [0.25, 0.3) is 0 Å². The molecule has 0 radical (unpaired) electrons. The van der Waals surface area contributed by atoms with Crippen molar-refractivity contribution in [1.29, 1.82) is 0 Å². The lowest BCUT2D eigenvalue weighted by Crippen LogP contribution is -2.48. The number of ether oxygens (including phenoxy) is 4. The lowest BCUT2D eigenvalue weighted by atomic mass is 9.48. The van der Waals surface area contributed by atoms with Gasteiger partial charge < -0.3 is 18.9 Å². The van der Waals surface area contributed by atoms with E-state index in [0.29, 0.717) is 13.2 Å². The summed E-state index contributed by atoms with van der Waals surface area (Å²) in [6.07, 6.45) is 8.88. The van der Waals surface area contributed by atoms with Gasteiger partial charge >= 0.3 is 0 Å². The van der Waals surface area contributed by atoms with Crippen molar-refractivity contribution in [2.75, 3.05) is 26.4 Å². The Kier molecular flexibility index (Phi) is 4.45. The number of hydrogen-bond donors (Lipinski definition) is 0. The van der Waals surface area contributed by atoms with Crippen molar-refractivity contribution in [3.05, 3.63) is 23.3 Å². The smallest absolute Gasteiger partial charge is 0.123 e. The monoisotopic (exact) mass is 412 g/mol. The fraction of sp³-hybridized carbons (Fsp3) is 0.769. The molecule has 7 rings (SSSR count). The van der Waals surface area contributed by atoms with Crippen molar-refractivity contribution < 1.29 is 18.9 Å². The van der Waals surface area contributed by atoms with E-state index in [2.05, 4.69) is 32.9 Å². The highest BCUT2D eigenvalue weighted by Crippen LogP contribution is 2.62. The summed E-state index contributed by atoms with van der Waals surface area (Å²) in [5, 5.41) is 0. The lowest BCUT2D eigenvalue weighted by Gasteiger charge is -2.57. The second-order valence-corrected chi connectivity index (χ2v) is 11.8. The highest BCUT2D eigenvalue weighted by Gasteiger charge is 2.53. The van der Waals surface area contributed by atoms with Gasteiger partial charge in [-0.1, -0.05) is 20.8 Å². The molecule has 2 saturated heterocycles. The molecule has 6 aliphatic rings. The Morgan fingerprint density at radius 3 is 1.80 bits per heavy atom. The van der Waals surface area contributed by atoms with E-state index < -0.39 is 0 Å². The van der Waals surface area contributed by atoms with Crippen LogP contribution in [0.5, 0.6) is 11.5 Å². The maximum Gasteiger partial charge on any atom is 0.123 e. The zero-order valence-electron chi connectivity index (χ0n) is 18.7. The Morgan fingerprint density at radius 2 is 1.33 bits per heavy atom. The van der Waals surface area contributed by atoms with Gasteiger partial charge in [0.25, 0.3) is 0 Å². The first kappa shape index (κ1) is 19.4. The Bertz CT molecular complexity index is 780. The summed E-state index contributed by atoms with van der Waals surface area (Å²) in [6, 6.07) is 4.68. The minimum absolute atomic E-state index is 0.00602. The van der Waals surface area contributed by atoms with E-state index >= 15 is 0 Å². The van der Waals surface area contributed by atoms with E-state index in [-0.39, 0.29) is 23.0 Å². The normalized spacial score (nSPS) is 38.6. The maximum absolute atomic E-state index is 6.47. The van der Waals surface area contributed by atoms with Gasteiger partial charge in [-0.15, -0.1) is 0 Å². The largest absolute Gasteiger partial charge is 0.490 e. The Morgan fingerprint density at radius 1 is 0.833 bits per heavy atom. The molecule has 2 heterocycles. The molecule has 4 bridgehead atoms. The first-order valence-corrected chi connectivity index (χ1v) is 12.1. The molecule has 2 unspecified atom stereocenters. The second-order valence-electron chi connectivity index (χ2n) is 11.8. The predicted molar refractivity (Wildman–Crippen MR) is 115 cm³/mol. The van der Waals surface area contributed by atoms with Crippen LogP contribution < -0.4 is 9.47 Å². The van der Waals surface area contributed by atoms with Gasteiger partial charge in [0.15, 0.2) is 0 Å². The van der Waals surface area contributed by atoms with Crippen LogP contribution in [0.15, 0.2) is 12.1 Å². The van der Waals surface area contributed by atoms with Crippen molar-refractivity contribution in [3.63, 3.8) is 0 Å². The standard InChI is InChI=1S/C26H36O4/c1-25(2,3)21-7-24(30-15-20-13-28-20)22(8-23(21)29-14-19-12-27-19)26-9-16-4-17(10-26)6-18(5-16)11-26/h7-8,16-20H,4-6,9-15H2,1-3H3. The van der Waals surface area contributed by atoms with Crippen LogP contribution in [0.2, 0.25) is 0 Å². The van der Waals surface area contributed by atoms with Crippen LogP contribution in [0.4, 0.5) is 0 Å². The SMILES string of the molecule is CC(C)(C)c1cc(OCC2CO2)c(C23CC4CC(CC(C4)C2)C3)cc1OCC1CO1. The highest BCUT2D eigenvalue weighted by molar-refractivity contribution is 5.53. The average molecular weight is 413 g/mol. The van der Waals surface area contributed by atoms with E-state index in [0.717, 1.165) is 42.5 Å². The second kappa shape index (κ2) is 6.87. The van der Waals surface area contributed by atoms with Gasteiger partial charge in [0.2, 0.25) is 0 Å². The third-order valence-corrected chi connectivity index (χ3v) is 8.15. The summed E-state index contributed by atoms with van der Waals surface area (Å²) in [7, 11) is 0. The van der Waals surface area contributed by atoms with E-state index in [9.17, 15) is 0 Å². The lowest BCUT2D eigenvalue weighted by molar-refractivity contribution is -0.00658. The van der Waals surface area contributed by atoms with Gasteiger partial charge in [-0.05, 0) is 79.2 Å². The summed E-state index contributed by atoms with van der Waals surface area (Å²) in [4.78, 5) is 0. The molecule has 164 valence electrons. The molecule has 4 saturated carbocycles. The van der Waals surface area contributed by atoms with Crippen LogP contribution in [0, 0.1) is 17.8 Å². The van der Waals surface area contributed by atoms with Gasteiger partial charge in [0.1, 0.15) is 36.9 Å². The molecular weight excluding hydrogens is 376 g/mol. The molecular formula is C26H36O4. The van der Waals surface area contributed by atoms with E-state index in [1.807, 2.05) is 0 Å². The molecule has 1 aromatic rings. The van der Waals surface area contributed by atoms with E-state index in [1.54, 1.807) is 0 Å². The summed E-state index contributed by atoms with van der Waals surface area (Å²) < 4.78 is 23.7. The number of benzene rings is 1. The van der Waals surface area contributed by atoms with Crippen molar-refractivity contribution in [3.8, 4) is 11.5 Å². The average Bonchev–Trinajstić information content (AvgIpc) is 3.58. The molecule has 0 spiro atoms.